The molecule has 0 saturated heterocycles. The van der Waals surface area contributed by atoms with Crippen molar-refractivity contribution in [2.75, 3.05) is 6.54 Å². The largest absolute Gasteiger partial charge is 0.479 e. The van der Waals surface area contributed by atoms with Crippen molar-refractivity contribution in [2.24, 2.45) is 7.05 Å². The summed E-state index contributed by atoms with van der Waals surface area (Å²) in [6, 6.07) is -1.04. The zero-order valence-corrected chi connectivity index (χ0v) is 13.0. The molecule has 0 saturated carbocycles. The highest BCUT2D eigenvalue weighted by atomic mass is 16.6. The topological polar surface area (TPSA) is 84.7 Å². The van der Waals surface area contributed by atoms with E-state index < -0.39 is 23.7 Å². The van der Waals surface area contributed by atoms with Crippen LogP contribution in [0.3, 0.4) is 0 Å². The fourth-order valence-corrected chi connectivity index (χ4v) is 2.66. The molecular formula is C14H21N3O4. The van der Waals surface area contributed by atoms with E-state index in [-0.39, 0.29) is 0 Å². The molecule has 1 aromatic heterocycles. The fraction of sp³-hybridized carbons (Fsp3) is 0.643. The molecule has 1 amide bonds. The van der Waals surface area contributed by atoms with Crippen molar-refractivity contribution in [1.29, 1.82) is 0 Å². The number of ether oxygens (including phenoxy) is 1. The Labute approximate surface area is 123 Å². The molecule has 0 spiro atoms. The third kappa shape index (κ3) is 2.86. The Hall–Kier alpha value is -2.05. The normalized spacial score (nSPS) is 18.3. The molecular weight excluding hydrogens is 274 g/mol. The third-order valence-corrected chi connectivity index (χ3v) is 3.43. The molecule has 0 fully saturated rings. The van der Waals surface area contributed by atoms with E-state index in [0.717, 1.165) is 5.69 Å². The van der Waals surface area contributed by atoms with Crippen molar-refractivity contribution in [3.8, 4) is 0 Å². The van der Waals surface area contributed by atoms with E-state index in [0.29, 0.717) is 24.2 Å². The smallest absolute Gasteiger partial charge is 0.411 e. The molecule has 116 valence electrons. The molecule has 21 heavy (non-hydrogen) atoms. The lowest BCUT2D eigenvalue weighted by molar-refractivity contribution is -0.143. The van der Waals surface area contributed by atoms with Crippen LogP contribution in [0.2, 0.25) is 0 Å². The van der Waals surface area contributed by atoms with Crippen LogP contribution >= 0.6 is 0 Å². The zero-order valence-electron chi connectivity index (χ0n) is 13.0. The van der Waals surface area contributed by atoms with E-state index in [2.05, 4.69) is 5.10 Å². The molecule has 1 aliphatic rings. The molecule has 7 heteroatoms. The molecule has 0 aliphatic carbocycles. The van der Waals surface area contributed by atoms with Crippen molar-refractivity contribution in [2.45, 2.75) is 45.8 Å². The molecule has 1 unspecified atom stereocenters. The van der Waals surface area contributed by atoms with Crippen LogP contribution in [-0.4, -0.2) is 44.0 Å². The van der Waals surface area contributed by atoms with Gasteiger partial charge < -0.3 is 9.84 Å². The Morgan fingerprint density at radius 2 is 2.00 bits per heavy atom. The maximum atomic E-state index is 12.3. The standard InChI is InChI=1S/C14H21N3O4/c1-8-10-9(16(5)15-8)6-7-17(11(10)12(18)19)13(20)21-14(2,3)4/h11H,6-7H2,1-5H3,(H,18,19). The summed E-state index contributed by atoms with van der Waals surface area (Å²) < 4.78 is 7.00. The van der Waals surface area contributed by atoms with Gasteiger partial charge in [-0.15, -0.1) is 0 Å². The zero-order chi connectivity index (χ0) is 15.9. The van der Waals surface area contributed by atoms with Crippen LogP contribution in [0.1, 0.15) is 43.8 Å². The van der Waals surface area contributed by atoms with Gasteiger partial charge in [0.2, 0.25) is 0 Å². The van der Waals surface area contributed by atoms with Crippen LogP contribution in [0.25, 0.3) is 0 Å². The lowest BCUT2D eigenvalue weighted by Crippen LogP contribution is -2.46. The van der Waals surface area contributed by atoms with Crippen molar-refractivity contribution in [3.63, 3.8) is 0 Å². The Morgan fingerprint density at radius 3 is 2.52 bits per heavy atom. The van der Waals surface area contributed by atoms with E-state index in [1.165, 1.54) is 4.90 Å². The van der Waals surface area contributed by atoms with Crippen LogP contribution in [0.4, 0.5) is 4.79 Å². The number of carbonyl (C=O) groups is 2. The van der Waals surface area contributed by atoms with E-state index in [4.69, 9.17) is 4.74 Å². The summed E-state index contributed by atoms with van der Waals surface area (Å²) in [7, 11) is 1.79. The van der Waals surface area contributed by atoms with Gasteiger partial charge in [-0.3, -0.25) is 9.58 Å². The molecule has 0 bridgehead atoms. The first kappa shape index (κ1) is 15.3. The van der Waals surface area contributed by atoms with Gasteiger partial charge in [0.25, 0.3) is 0 Å². The lowest BCUT2D eigenvalue weighted by Gasteiger charge is -2.34. The molecule has 7 nitrogen and oxygen atoms in total. The highest BCUT2D eigenvalue weighted by molar-refractivity contribution is 5.83. The van der Waals surface area contributed by atoms with E-state index in [1.807, 2.05) is 0 Å². The van der Waals surface area contributed by atoms with Gasteiger partial charge in [0.15, 0.2) is 6.04 Å². The Kier molecular flexibility index (Phi) is 3.69. The van der Waals surface area contributed by atoms with Gasteiger partial charge in [-0.2, -0.15) is 5.10 Å². The highest BCUT2D eigenvalue weighted by Crippen LogP contribution is 2.33. The van der Waals surface area contributed by atoms with E-state index in [9.17, 15) is 14.7 Å². The number of aryl methyl sites for hydroxylation is 2. The predicted molar refractivity (Wildman–Crippen MR) is 75.0 cm³/mol. The number of aliphatic carboxylic acids is 1. The molecule has 2 heterocycles. The summed E-state index contributed by atoms with van der Waals surface area (Å²) in [6.07, 6.45) is -0.0424. The molecule has 0 radical (unpaired) electrons. The molecule has 1 aliphatic heterocycles. The van der Waals surface area contributed by atoms with E-state index in [1.54, 1.807) is 39.4 Å². The highest BCUT2D eigenvalue weighted by Gasteiger charge is 2.41. The average Bonchev–Trinajstić information content (AvgIpc) is 2.61. The number of rotatable bonds is 1. The van der Waals surface area contributed by atoms with Crippen LogP contribution in [-0.2, 0) is 23.0 Å². The quantitative estimate of drug-likeness (QED) is 0.851. The van der Waals surface area contributed by atoms with Gasteiger partial charge in [0, 0.05) is 31.3 Å². The van der Waals surface area contributed by atoms with Gasteiger partial charge in [0.1, 0.15) is 5.60 Å². The molecule has 0 aromatic carbocycles. The van der Waals surface area contributed by atoms with Crippen molar-refractivity contribution in [3.05, 3.63) is 17.0 Å². The van der Waals surface area contributed by atoms with E-state index >= 15 is 0 Å². The number of hydrogen-bond acceptors (Lipinski definition) is 4. The molecule has 1 atom stereocenters. The second-order valence-electron chi connectivity index (χ2n) is 6.23. The second kappa shape index (κ2) is 5.05. The number of hydrogen-bond donors (Lipinski definition) is 1. The first-order valence-electron chi connectivity index (χ1n) is 6.86. The van der Waals surface area contributed by atoms with Gasteiger partial charge in [-0.25, -0.2) is 9.59 Å². The Bertz CT molecular complexity index is 586. The predicted octanol–water partition coefficient (Wildman–Crippen LogP) is 1.65. The monoisotopic (exact) mass is 295 g/mol. The number of carbonyl (C=O) groups excluding carboxylic acids is 1. The number of carboxylic acids is 1. The fourth-order valence-electron chi connectivity index (χ4n) is 2.66. The van der Waals surface area contributed by atoms with Gasteiger partial charge in [-0.1, -0.05) is 0 Å². The van der Waals surface area contributed by atoms with Gasteiger partial charge >= 0.3 is 12.1 Å². The van der Waals surface area contributed by atoms with Crippen molar-refractivity contribution in [1.82, 2.24) is 14.7 Å². The van der Waals surface area contributed by atoms with Gasteiger partial charge in [0.05, 0.1) is 5.69 Å². The number of amides is 1. The number of fused-ring (bicyclic) bond motifs is 1. The average molecular weight is 295 g/mol. The molecule has 2 rings (SSSR count). The van der Waals surface area contributed by atoms with Gasteiger partial charge in [-0.05, 0) is 27.7 Å². The van der Waals surface area contributed by atoms with Crippen LogP contribution in [0.15, 0.2) is 0 Å². The van der Waals surface area contributed by atoms with Crippen LogP contribution < -0.4 is 0 Å². The molecule has 1 aromatic rings. The maximum Gasteiger partial charge on any atom is 0.411 e. The maximum absolute atomic E-state index is 12.3. The van der Waals surface area contributed by atoms with Crippen LogP contribution in [0, 0.1) is 6.92 Å². The first-order valence-corrected chi connectivity index (χ1v) is 6.86. The minimum atomic E-state index is -1.07. The summed E-state index contributed by atoms with van der Waals surface area (Å²) in [5.74, 6) is -1.07. The van der Waals surface area contributed by atoms with Crippen LogP contribution in [0.5, 0.6) is 0 Å². The number of aromatic nitrogens is 2. The molecule has 1 N–H and O–H groups in total. The third-order valence-electron chi connectivity index (χ3n) is 3.43. The summed E-state index contributed by atoms with van der Waals surface area (Å²) in [4.78, 5) is 25.2. The summed E-state index contributed by atoms with van der Waals surface area (Å²) in [5.41, 5.74) is 1.43. The van der Waals surface area contributed by atoms with Crippen molar-refractivity contribution >= 4 is 12.1 Å². The van der Waals surface area contributed by atoms with Crippen molar-refractivity contribution < 1.29 is 19.4 Å². The SMILES string of the molecule is Cc1nn(C)c2c1C(C(=O)O)N(C(=O)OC(C)(C)C)CC2. The minimum absolute atomic E-state index is 0.303. The second-order valence-corrected chi connectivity index (χ2v) is 6.23. The minimum Gasteiger partial charge on any atom is -0.479 e. The Balaban J connectivity index is 2.39. The number of carboxylic acid groups (broad SMARTS) is 1. The summed E-state index contributed by atoms with van der Waals surface area (Å²) in [6.45, 7) is 7.33. The first-order chi connectivity index (χ1) is 9.61. The Morgan fingerprint density at radius 1 is 1.38 bits per heavy atom. The number of nitrogens with zero attached hydrogens (tertiary/aromatic N) is 3. The summed E-state index contributed by atoms with van der Waals surface area (Å²) in [5, 5.41) is 13.8. The lowest BCUT2D eigenvalue weighted by atomic mass is 9.97. The summed E-state index contributed by atoms with van der Waals surface area (Å²) >= 11 is 0.